The first-order valence-electron chi connectivity index (χ1n) is 8.44. The SMILES string of the molecule is CC(C)CC(=O)NC(C)CN(C(=O)CC(C)C)c1ccccc1. The van der Waals surface area contributed by atoms with Crippen LogP contribution in [0.1, 0.15) is 47.5 Å². The number of hydrogen-bond donors (Lipinski definition) is 1. The van der Waals surface area contributed by atoms with Crippen molar-refractivity contribution in [1.29, 1.82) is 0 Å². The van der Waals surface area contributed by atoms with E-state index >= 15 is 0 Å². The molecule has 0 bridgehead atoms. The van der Waals surface area contributed by atoms with Gasteiger partial charge in [-0.05, 0) is 30.9 Å². The minimum Gasteiger partial charge on any atom is -0.352 e. The Hall–Kier alpha value is -1.84. The van der Waals surface area contributed by atoms with Gasteiger partial charge in [0.2, 0.25) is 11.8 Å². The zero-order valence-corrected chi connectivity index (χ0v) is 15.0. The lowest BCUT2D eigenvalue weighted by Crippen LogP contribution is -2.45. The summed E-state index contributed by atoms with van der Waals surface area (Å²) in [4.78, 5) is 26.3. The summed E-state index contributed by atoms with van der Waals surface area (Å²) in [5.74, 6) is 0.766. The fourth-order valence-corrected chi connectivity index (χ4v) is 2.44. The molecule has 0 radical (unpaired) electrons. The Morgan fingerprint density at radius 1 is 0.957 bits per heavy atom. The normalized spacial score (nSPS) is 12.3. The van der Waals surface area contributed by atoms with Crippen LogP contribution < -0.4 is 10.2 Å². The predicted octanol–water partition coefficient (Wildman–Crippen LogP) is 3.62. The van der Waals surface area contributed by atoms with E-state index in [0.29, 0.717) is 31.2 Å². The number of carbonyl (C=O) groups is 2. The van der Waals surface area contributed by atoms with Crippen molar-refractivity contribution in [1.82, 2.24) is 5.32 Å². The lowest BCUT2D eigenvalue weighted by molar-refractivity contribution is -0.123. The summed E-state index contributed by atoms with van der Waals surface area (Å²) in [5, 5.41) is 2.99. The van der Waals surface area contributed by atoms with Crippen LogP contribution in [0.25, 0.3) is 0 Å². The van der Waals surface area contributed by atoms with Crippen molar-refractivity contribution in [3.63, 3.8) is 0 Å². The van der Waals surface area contributed by atoms with Crippen LogP contribution in [0.3, 0.4) is 0 Å². The Labute approximate surface area is 140 Å². The molecule has 1 unspecified atom stereocenters. The molecule has 0 saturated carbocycles. The highest BCUT2D eigenvalue weighted by Crippen LogP contribution is 2.17. The minimum absolute atomic E-state index is 0.0387. The van der Waals surface area contributed by atoms with Crippen molar-refractivity contribution in [3.05, 3.63) is 30.3 Å². The van der Waals surface area contributed by atoms with E-state index in [2.05, 4.69) is 5.32 Å². The van der Waals surface area contributed by atoms with Gasteiger partial charge in [0, 0.05) is 31.1 Å². The molecule has 0 aliphatic heterocycles. The van der Waals surface area contributed by atoms with Gasteiger partial charge in [0.05, 0.1) is 0 Å². The van der Waals surface area contributed by atoms with Crippen LogP contribution in [-0.2, 0) is 9.59 Å². The summed E-state index contributed by atoms with van der Waals surface area (Å²) in [7, 11) is 0. The molecule has 0 aliphatic rings. The van der Waals surface area contributed by atoms with Gasteiger partial charge in [0.25, 0.3) is 0 Å². The van der Waals surface area contributed by atoms with E-state index in [0.717, 1.165) is 5.69 Å². The second-order valence-electron chi connectivity index (χ2n) is 7.00. The summed E-state index contributed by atoms with van der Waals surface area (Å²) in [5.41, 5.74) is 0.878. The molecule has 0 aromatic heterocycles. The van der Waals surface area contributed by atoms with Crippen molar-refractivity contribution in [2.45, 2.75) is 53.5 Å². The van der Waals surface area contributed by atoms with Crippen molar-refractivity contribution < 1.29 is 9.59 Å². The van der Waals surface area contributed by atoms with Crippen LogP contribution in [0.4, 0.5) is 5.69 Å². The highest BCUT2D eigenvalue weighted by Gasteiger charge is 2.20. The first kappa shape index (κ1) is 19.2. The Morgan fingerprint density at radius 3 is 2.04 bits per heavy atom. The lowest BCUT2D eigenvalue weighted by atomic mass is 10.1. The van der Waals surface area contributed by atoms with Crippen LogP contribution in [0, 0.1) is 11.8 Å². The zero-order chi connectivity index (χ0) is 17.4. The maximum atomic E-state index is 12.6. The molecule has 1 N–H and O–H groups in total. The molecule has 1 aromatic rings. The largest absolute Gasteiger partial charge is 0.352 e. The molecule has 0 heterocycles. The van der Waals surface area contributed by atoms with E-state index in [1.165, 1.54) is 0 Å². The average molecular weight is 318 g/mol. The van der Waals surface area contributed by atoms with Crippen molar-refractivity contribution >= 4 is 17.5 Å². The third kappa shape index (κ3) is 7.31. The van der Waals surface area contributed by atoms with E-state index in [-0.39, 0.29) is 17.9 Å². The Kier molecular flexibility index (Phi) is 7.79. The van der Waals surface area contributed by atoms with Crippen molar-refractivity contribution in [3.8, 4) is 0 Å². The molecule has 1 rings (SSSR count). The first-order chi connectivity index (χ1) is 10.8. The number of nitrogens with zero attached hydrogens (tertiary/aromatic N) is 1. The van der Waals surface area contributed by atoms with E-state index < -0.39 is 0 Å². The summed E-state index contributed by atoms with van der Waals surface area (Å²) >= 11 is 0. The van der Waals surface area contributed by atoms with Gasteiger partial charge in [-0.2, -0.15) is 0 Å². The van der Waals surface area contributed by atoms with Gasteiger partial charge >= 0.3 is 0 Å². The molecule has 1 aromatic carbocycles. The average Bonchev–Trinajstić information content (AvgIpc) is 2.43. The molecule has 2 amide bonds. The molecule has 4 nitrogen and oxygen atoms in total. The van der Waals surface area contributed by atoms with E-state index in [1.54, 1.807) is 4.90 Å². The topological polar surface area (TPSA) is 49.4 Å². The molecule has 0 fully saturated rings. The molecular weight excluding hydrogens is 288 g/mol. The number of amides is 2. The van der Waals surface area contributed by atoms with Crippen LogP contribution in [0.5, 0.6) is 0 Å². The fraction of sp³-hybridized carbons (Fsp3) is 0.579. The van der Waals surface area contributed by atoms with Gasteiger partial charge in [-0.1, -0.05) is 45.9 Å². The van der Waals surface area contributed by atoms with Gasteiger partial charge in [-0.3, -0.25) is 9.59 Å². The molecule has 0 saturated heterocycles. The standard InChI is InChI=1S/C19H30N2O2/c1-14(2)11-18(22)20-16(5)13-21(19(23)12-15(3)4)17-9-7-6-8-10-17/h6-10,14-16H,11-13H2,1-5H3,(H,20,22). The van der Waals surface area contributed by atoms with Crippen LogP contribution in [0.15, 0.2) is 30.3 Å². The fourth-order valence-electron chi connectivity index (χ4n) is 2.44. The molecule has 23 heavy (non-hydrogen) atoms. The maximum Gasteiger partial charge on any atom is 0.227 e. The number of para-hydroxylation sites is 1. The monoisotopic (exact) mass is 318 g/mol. The summed E-state index contributed by atoms with van der Waals surface area (Å²) in [6.07, 6.45) is 1.01. The van der Waals surface area contributed by atoms with Gasteiger partial charge < -0.3 is 10.2 Å². The molecule has 0 aliphatic carbocycles. The highest BCUT2D eigenvalue weighted by molar-refractivity contribution is 5.93. The van der Waals surface area contributed by atoms with E-state index in [9.17, 15) is 9.59 Å². The second kappa shape index (κ2) is 9.33. The van der Waals surface area contributed by atoms with Crippen LogP contribution in [0.2, 0.25) is 0 Å². The molecule has 1 atom stereocenters. The minimum atomic E-state index is -0.0856. The number of hydrogen-bond acceptors (Lipinski definition) is 2. The lowest BCUT2D eigenvalue weighted by Gasteiger charge is -2.27. The van der Waals surface area contributed by atoms with Gasteiger partial charge in [0.1, 0.15) is 0 Å². The molecule has 4 heteroatoms. The van der Waals surface area contributed by atoms with Crippen molar-refractivity contribution in [2.75, 3.05) is 11.4 Å². The Balaban J connectivity index is 2.77. The predicted molar refractivity (Wildman–Crippen MR) is 95.3 cm³/mol. The third-order valence-electron chi connectivity index (χ3n) is 3.41. The third-order valence-corrected chi connectivity index (χ3v) is 3.41. The van der Waals surface area contributed by atoms with Crippen LogP contribution >= 0.6 is 0 Å². The summed E-state index contributed by atoms with van der Waals surface area (Å²) in [6.45, 7) is 10.5. The number of benzene rings is 1. The van der Waals surface area contributed by atoms with E-state index in [1.807, 2.05) is 65.0 Å². The van der Waals surface area contributed by atoms with E-state index in [4.69, 9.17) is 0 Å². The molecular formula is C19H30N2O2. The number of anilines is 1. The quantitative estimate of drug-likeness (QED) is 0.796. The number of rotatable bonds is 8. The van der Waals surface area contributed by atoms with Crippen LogP contribution in [-0.4, -0.2) is 24.4 Å². The summed E-state index contributed by atoms with van der Waals surface area (Å²) < 4.78 is 0. The highest BCUT2D eigenvalue weighted by atomic mass is 16.2. The van der Waals surface area contributed by atoms with Gasteiger partial charge in [-0.15, -0.1) is 0 Å². The Morgan fingerprint density at radius 2 is 1.52 bits per heavy atom. The summed E-state index contributed by atoms with van der Waals surface area (Å²) in [6, 6.07) is 9.56. The van der Waals surface area contributed by atoms with Gasteiger partial charge in [-0.25, -0.2) is 0 Å². The molecule has 0 spiro atoms. The second-order valence-corrected chi connectivity index (χ2v) is 7.00. The number of nitrogens with one attached hydrogen (secondary N) is 1. The Bertz CT molecular complexity index is 497. The smallest absolute Gasteiger partial charge is 0.227 e. The van der Waals surface area contributed by atoms with Crippen molar-refractivity contribution in [2.24, 2.45) is 11.8 Å². The van der Waals surface area contributed by atoms with Gasteiger partial charge in [0.15, 0.2) is 0 Å². The molecule has 128 valence electrons. The zero-order valence-electron chi connectivity index (χ0n) is 15.0. The number of carbonyl (C=O) groups excluding carboxylic acids is 2. The maximum absolute atomic E-state index is 12.6. The first-order valence-corrected chi connectivity index (χ1v) is 8.44.